The Hall–Kier alpha value is -4.59. The number of hydrogen-bond acceptors (Lipinski definition) is 6. The second-order valence-electron chi connectivity index (χ2n) is 7.54. The molecule has 2 heterocycles. The van der Waals surface area contributed by atoms with E-state index in [9.17, 15) is 19.8 Å². The van der Waals surface area contributed by atoms with Crippen LogP contribution in [0.3, 0.4) is 0 Å². The number of carbonyl (C=O) groups is 2. The first kappa shape index (κ1) is 20.3. The topological polar surface area (TPSA) is 116 Å². The number of aliphatic hydroxyl groups excluding tert-OH is 1. The van der Waals surface area contributed by atoms with Crippen LogP contribution in [0, 0.1) is 0 Å². The SMILES string of the molecule is COc1ccccc1/C(O)=C1\C(=O)C(=O)N(c2nc3ccccc3[nH]2)C1c1cccc(O)c1. The number of para-hydroxylation sites is 3. The van der Waals surface area contributed by atoms with Crippen molar-refractivity contribution in [3.8, 4) is 11.5 Å². The van der Waals surface area contributed by atoms with Crippen molar-refractivity contribution in [2.75, 3.05) is 12.0 Å². The number of aromatic amines is 1. The summed E-state index contributed by atoms with van der Waals surface area (Å²) in [4.78, 5) is 35.2. The van der Waals surface area contributed by atoms with Gasteiger partial charge in [0, 0.05) is 0 Å². The minimum absolute atomic E-state index is 0.0417. The predicted molar refractivity (Wildman–Crippen MR) is 122 cm³/mol. The molecule has 5 rings (SSSR count). The van der Waals surface area contributed by atoms with Gasteiger partial charge in [-0.1, -0.05) is 36.4 Å². The number of carbonyl (C=O) groups excluding carboxylic acids is 2. The van der Waals surface area contributed by atoms with Crippen LogP contribution in [-0.2, 0) is 9.59 Å². The fourth-order valence-electron chi connectivity index (χ4n) is 4.10. The van der Waals surface area contributed by atoms with E-state index >= 15 is 0 Å². The van der Waals surface area contributed by atoms with Crippen LogP contribution in [0.1, 0.15) is 17.2 Å². The number of rotatable bonds is 4. The molecule has 8 heteroatoms. The zero-order chi connectivity index (χ0) is 23.1. The smallest absolute Gasteiger partial charge is 0.302 e. The van der Waals surface area contributed by atoms with Gasteiger partial charge in [-0.25, -0.2) is 4.98 Å². The van der Waals surface area contributed by atoms with Crippen molar-refractivity contribution >= 4 is 34.4 Å². The average molecular weight is 441 g/mol. The third-order valence-corrected chi connectivity index (χ3v) is 5.60. The molecule has 1 aliphatic heterocycles. The van der Waals surface area contributed by atoms with Gasteiger partial charge >= 0.3 is 5.91 Å². The first-order valence-corrected chi connectivity index (χ1v) is 10.2. The minimum Gasteiger partial charge on any atom is -0.508 e. The molecule has 1 amide bonds. The van der Waals surface area contributed by atoms with Crippen molar-refractivity contribution in [2.45, 2.75) is 6.04 Å². The van der Waals surface area contributed by atoms with Crippen molar-refractivity contribution in [3.63, 3.8) is 0 Å². The summed E-state index contributed by atoms with van der Waals surface area (Å²) in [7, 11) is 1.45. The number of H-pyrrole nitrogens is 1. The molecule has 164 valence electrons. The number of nitrogens with zero attached hydrogens (tertiary/aromatic N) is 2. The van der Waals surface area contributed by atoms with Gasteiger partial charge < -0.3 is 19.9 Å². The normalized spacial score (nSPS) is 17.6. The Kier molecular flexibility index (Phi) is 4.82. The third-order valence-electron chi connectivity index (χ3n) is 5.60. The summed E-state index contributed by atoms with van der Waals surface area (Å²) in [5.41, 5.74) is 1.89. The van der Waals surface area contributed by atoms with E-state index in [4.69, 9.17) is 4.74 Å². The molecule has 1 atom stereocenters. The van der Waals surface area contributed by atoms with Crippen LogP contribution in [-0.4, -0.2) is 39.0 Å². The number of phenolic OH excluding ortho intramolecular Hbond substituents is 1. The number of fused-ring (bicyclic) bond motifs is 1. The molecule has 4 aromatic rings. The molecule has 1 unspecified atom stereocenters. The van der Waals surface area contributed by atoms with E-state index in [1.165, 1.54) is 24.1 Å². The highest BCUT2D eigenvalue weighted by Gasteiger charge is 2.48. The molecular weight excluding hydrogens is 422 g/mol. The van der Waals surface area contributed by atoms with Crippen molar-refractivity contribution in [3.05, 3.63) is 89.5 Å². The van der Waals surface area contributed by atoms with Gasteiger partial charge in [0.2, 0.25) is 5.95 Å². The van der Waals surface area contributed by atoms with E-state index < -0.39 is 17.7 Å². The number of nitrogens with one attached hydrogen (secondary N) is 1. The van der Waals surface area contributed by atoms with Crippen molar-refractivity contribution < 1.29 is 24.5 Å². The lowest BCUT2D eigenvalue weighted by Gasteiger charge is -2.23. The molecule has 33 heavy (non-hydrogen) atoms. The number of amides is 1. The summed E-state index contributed by atoms with van der Waals surface area (Å²) in [5.74, 6) is -1.63. The Morgan fingerprint density at radius 2 is 1.79 bits per heavy atom. The Labute approximate surface area is 188 Å². The Morgan fingerprint density at radius 1 is 1.03 bits per heavy atom. The minimum atomic E-state index is -1.03. The number of hydrogen-bond donors (Lipinski definition) is 3. The number of anilines is 1. The van der Waals surface area contributed by atoms with Crippen LogP contribution >= 0.6 is 0 Å². The lowest BCUT2D eigenvalue weighted by molar-refractivity contribution is -0.132. The highest BCUT2D eigenvalue weighted by atomic mass is 16.5. The van der Waals surface area contributed by atoms with Crippen molar-refractivity contribution in [1.82, 2.24) is 9.97 Å². The number of aromatic hydroxyl groups is 1. The molecule has 1 fully saturated rings. The number of ether oxygens (including phenoxy) is 1. The van der Waals surface area contributed by atoms with Gasteiger partial charge in [0.1, 0.15) is 17.3 Å². The molecule has 1 aliphatic rings. The fourth-order valence-corrected chi connectivity index (χ4v) is 4.10. The first-order chi connectivity index (χ1) is 16.0. The van der Waals surface area contributed by atoms with Gasteiger partial charge in [0.05, 0.1) is 35.3 Å². The maximum Gasteiger partial charge on any atom is 0.302 e. The number of phenols is 1. The van der Waals surface area contributed by atoms with E-state index in [1.54, 1.807) is 48.5 Å². The second kappa shape index (κ2) is 7.83. The number of methoxy groups -OCH3 is 1. The molecular formula is C25H19N3O5. The van der Waals surface area contributed by atoms with Gasteiger partial charge in [-0.15, -0.1) is 0 Å². The largest absolute Gasteiger partial charge is 0.508 e. The predicted octanol–water partition coefficient (Wildman–Crippen LogP) is 3.90. The summed E-state index contributed by atoms with van der Waals surface area (Å²) in [5, 5.41) is 21.3. The Balaban J connectivity index is 1.76. The van der Waals surface area contributed by atoms with Crippen LogP contribution in [0.25, 0.3) is 16.8 Å². The third kappa shape index (κ3) is 3.28. The number of aromatic nitrogens is 2. The zero-order valence-electron chi connectivity index (χ0n) is 17.5. The number of Topliss-reactive ketones (excluding diaryl/α,β-unsaturated/α-hetero) is 1. The van der Waals surface area contributed by atoms with Crippen LogP contribution in [0.15, 0.2) is 78.4 Å². The quantitative estimate of drug-likeness (QED) is 0.251. The van der Waals surface area contributed by atoms with E-state index in [2.05, 4.69) is 9.97 Å². The summed E-state index contributed by atoms with van der Waals surface area (Å²) < 4.78 is 5.34. The Bertz CT molecular complexity index is 1410. The van der Waals surface area contributed by atoms with Crippen molar-refractivity contribution in [1.29, 1.82) is 0 Å². The molecule has 8 nitrogen and oxygen atoms in total. The van der Waals surface area contributed by atoms with E-state index in [0.29, 0.717) is 22.3 Å². The second-order valence-corrected chi connectivity index (χ2v) is 7.54. The number of imidazole rings is 1. The van der Waals surface area contributed by atoms with Crippen LogP contribution in [0.4, 0.5) is 5.95 Å². The van der Waals surface area contributed by atoms with Crippen molar-refractivity contribution in [2.24, 2.45) is 0 Å². The molecule has 0 radical (unpaired) electrons. The fraction of sp³-hybridized carbons (Fsp3) is 0.0800. The molecule has 0 saturated carbocycles. The highest BCUT2D eigenvalue weighted by molar-refractivity contribution is 6.51. The molecule has 0 aliphatic carbocycles. The molecule has 0 spiro atoms. The molecule has 0 bridgehead atoms. The van der Waals surface area contributed by atoms with Crippen LogP contribution in [0.5, 0.6) is 11.5 Å². The maximum absolute atomic E-state index is 13.2. The van der Waals surface area contributed by atoms with E-state index in [-0.39, 0.29) is 28.6 Å². The standard InChI is InChI=1S/C25H19N3O5/c1-33-19-12-5-2-9-16(19)22(30)20-21(14-7-6-8-15(29)13-14)28(24(32)23(20)31)25-26-17-10-3-4-11-18(17)27-25/h2-13,21,29-30H,1H3,(H,26,27)/b22-20+. The van der Waals surface area contributed by atoms with E-state index in [1.807, 2.05) is 12.1 Å². The van der Waals surface area contributed by atoms with Gasteiger partial charge in [-0.2, -0.15) is 0 Å². The van der Waals surface area contributed by atoms with Gasteiger partial charge in [-0.05, 0) is 42.0 Å². The lowest BCUT2D eigenvalue weighted by atomic mass is 9.95. The average Bonchev–Trinajstić information content (AvgIpc) is 3.37. The molecule has 1 aromatic heterocycles. The molecule has 1 saturated heterocycles. The number of benzene rings is 3. The van der Waals surface area contributed by atoms with Crippen LogP contribution in [0.2, 0.25) is 0 Å². The lowest BCUT2D eigenvalue weighted by Crippen LogP contribution is -2.30. The zero-order valence-corrected chi connectivity index (χ0v) is 17.5. The van der Waals surface area contributed by atoms with Crippen LogP contribution < -0.4 is 9.64 Å². The molecule has 3 N–H and O–H groups in total. The van der Waals surface area contributed by atoms with Gasteiger partial charge in [0.25, 0.3) is 5.78 Å². The Morgan fingerprint density at radius 3 is 2.55 bits per heavy atom. The van der Waals surface area contributed by atoms with Gasteiger partial charge in [-0.3, -0.25) is 14.5 Å². The summed E-state index contributed by atoms with van der Waals surface area (Å²) in [6.45, 7) is 0. The summed E-state index contributed by atoms with van der Waals surface area (Å²) >= 11 is 0. The highest BCUT2D eigenvalue weighted by Crippen LogP contribution is 2.43. The molecule has 3 aromatic carbocycles. The monoisotopic (exact) mass is 441 g/mol. The summed E-state index contributed by atoms with van der Waals surface area (Å²) in [6.07, 6.45) is 0. The maximum atomic E-state index is 13.2. The first-order valence-electron chi connectivity index (χ1n) is 10.2. The van der Waals surface area contributed by atoms with E-state index in [0.717, 1.165) is 0 Å². The number of ketones is 1. The van der Waals surface area contributed by atoms with Gasteiger partial charge in [0.15, 0.2) is 0 Å². The summed E-state index contributed by atoms with van der Waals surface area (Å²) in [6, 6.07) is 19.1. The number of aliphatic hydroxyl groups is 1.